The average molecular weight is 254 g/mol. The van der Waals surface area contributed by atoms with E-state index in [1.165, 1.54) is 19.3 Å². The zero-order chi connectivity index (χ0) is 12.1. The Hall–Kier alpha value is -0.830. The first-order valence-corrected chi connectivity index (χ1v) is 6.90. The second kappa shape index (κ2) is 6.20. The largest absolute Gasteiger partial charge is 0.370 e. The molecule has 1 aromatic heterocycles. The van der Waals surface area contributed by atoms with Crippen molar-refractivity contribution in [2.75, 3.05) is 11.9 Å². The first-order valence-electron chi connectivity index (χ1n) is 6.46. The van der Waals surface area contributed by atoms with Crippen LogP contribution in [-0.2, 0) is 6.42 Å². The molecule has 0 aliphatic heterocycles. The smallest absolute Gasteiger partial charge is 0.129 e. The molecular formula is C13H20ClN3. The van der Waals surface area contributed by atoms with Gasteiger partial charge in [-0.15, -0.1) is 11.6 Å². The Kier molecular flexibility index (Phi) is 4.60. The van der Waals surface area contributed by atoms with E-state index in [2.05, 4.69) is 22.2 Å². The van der Waals surface area contributed by atoms with Gasteiger partial charge in [-0.05, 0) is 31.6 Å². The number of aryl methyl sites for hydroxylation is 1. The van der Waals surface area contributed by atoms with E-state index in [9.17, 15) is 0 Å². The van der Waals surface area contributed by atoms with Crippen molar-refractivity contribution in [2.24, 2.45) is 5.92 Å². The monoisotopic (exact) mass is 253 g/mol. The van der Waals surface area contributed by atoms with Crippen molar-refractivity contribution in [3.63, 3.8) is 0 Å². The van der Waals surface area contributed by atoms with Crippen LogP contribution in [0.4, 0.5) is 5.82 Å². The predicted octanol–water partition coefficient (Wildman–Crippen LogP) is 3.25. The number of aromatic nitrogens is 2. The second-order valence-corrected chi connectivity index (χ2v) is 5.38. The van der Waals surface area contributed by atoms with Crippen molar-refractivity contribution in [3.8, 4) is 0 Å². The van der Waals surface area contributed by atoms with Crippen LogP contribution in [-0.4, -0.2) is 21.9 Å². The summed E-state index contributed by atoms with van der Waals surface area (Å²) in [5.74, 6) is 1.62. The summed E-state index contributed by atoms with van der Waals surface area (Å²) < 4.78 is 0. The number of anilines is 1. The van der Waals surface area contributed by atoms with E-state index in [1.54, 1.807) is 6.33 Å². The van der Waals surface area contributed by atoms with Crippen LogP contribution in [0, 0.1) is 5.92 Å². The third kappa shape index (κ3) is 3.84. The van der Waals surface area contributed by atoms with Gasteiger partial charge >= 0.3 is 0 Å². The molecule has 1 N–H and O–H groups in total. The quantitative estimate of drug-likeness (QED) is 0.837. The van der Waals surface area contributed by atoms with E-state index in [-0.39, 0.29) is 0 Å². The molecule has 0 radical (unpaired) electrons. The van der Waals surface area contributed by atoms with Gasteiger partial charge in [0.2, 0.25) is 0 Å². The molecule has 2 unspecified atom stereocenters. The molecule has 0 amide bonds. The molecule has 0 aromatic carbocycles. The number of hydrogen-bond acceptors (Lipinski definition) is 3. The minimum Gasteiger partial charge on any atom is -0.370 e. The number of nitrogens with zero attached hydrogens (tertiary/aromatic N) is 2. The lowest BCUT2D eigenvalue weighted by Gasteiger charge is -2.25. The van der Waals surface area contributed by atoms with Gasteiger partial charge in [-0.1, -0.05) is 13.3 Å². The fourth-order valence-electron chi connectivity index (χ4n) is 2.35. The molecule has 94 valence electrons. The third-order valence-electron chi connectivity index (χ3n) is 3.38. The Balaban J connectivity index is 1.84. The Labute approximate surface area is 108 Å². The third-order valence-corrected chi connectivity index (χ3v) is 3.77. The van der Waals surface area contributed by atoms with Gasteiger partial charge in [-0.25, -0.2) is 9.97 Å². The fraction of sp³-hybridized carbons (Fsp3) is 0.692. The first-order chi connectivity index (χ1) is 8.28. The van der Waals surface area contributed by atoms with Gasteiger partial charge in [0.05, 0.1) is 0 Å². The van der Waals surface area contributed by atoms with Gasteiger partial charge in [0.1, 0.15) is 12.1 Å². The van der Waals surface area contributed by atoms with E-state index < -0.39 is 0 Å². The van der Waals surface area contributed by atoms with Gasteiger partial charge in [-0.3, -0.25) is 0 Å². The van der Waals surface area contributed by atoms with Gasteiger partial charge in [0.15, 0.2) is 0 Å². The molecule has 1 heterocycles. The Bertz CT molecular complexity index is 356. The van der Waals surface area contributed by atoms with Gasteiger partial charge in [0, 0.05) is 23.7 Å². The molecule has 1 saturated carbocycles. The summed E-state index contributed by atoms with van der Waals surface area (Å²) in [4.78, 5) is 8.43. The SMILES string of the molecule is CCc1cc(NCC2CCCC(Cl)C2)ncn1. The van der Waals surface area contributed by atoms with Crippen LogP contribution >= 0.6 is 11.6 Å². The summed E-state index contributed by atoms with van der Waals surface area (Å²) in [5.41, 5.74) is 1.08. The molecule has 0 saturated heterocycles. The second-order valence-electron chi connectivity index (χ2n) is 4.76. The van der Waals surface area contributed by atoms with Crippen LogP contribution in [0.5, 0.6) is 0 Å². The molecular weight excluding hydrogens is 234 g/mol. The zero-order valence-electron chi connectivity index (χ0n) is 10.3. The van der Waals surface area contributed by atoms with Gasteiger partial charge < -0.3 is 5.32 Å². The highest BCUT2D eigenvalue weighted by molar-refractivity contribution is 6.20. The topological polar surface area (TPSA) is 37.8 Å². The number of rotatable bonds is 4. The highest BCUT2D eigenvalue weighted by Gasteiger charge is 2.19. The highest BCUT2D eigenvalue weighted by Crippen LogP contribution is 2.27. The number of hydrogen-bond donors (Lipinski definition) is 1. The standard InChI is InChI=1S/C13H20ClN3/c1-2-12-7-13(17-9-16-12)15-8-10-4-3-5-11(14)6-10/h7,9-11H,2-6,8H2,1H3,(H,15,16,17). The minimum atomic E-state index is 0.368. The first kappa shape index (κ1) is 12.6. The lowest BCUT2D eigenvalue weighted by atomic mass is 9.89. The lowest BCUT2D eigenvalue weighted by Crippen LogP contribution is -2.22. The Morgan fingerprint density at radius 3 is 3.06 bits per heavy atom. The van der Waals surface area contributed by atoms with Crippen molar-refractivity contribution in [3.05, 3.63) is 18.1 Å². The van der Waals surface area contributed by atoms with E-state index in [0.717, 1.165) is 30.9 Å². The molecule has 17 heavy (non-hydrogen) atoms. The molecule has 1 aromatic rings. The maximum absolute atomic E-state index is 6.19. The van der Waals surface area contributed by atoms with Crippen molar-refractivity contribution in [2.45, 2.75) is 44.4 Å². The molecule has 1 aliphatic rings. The Morgan fingerprint density at radius 1 is 1.41 bits per heavy atom. The molecule has 1 aliphatic carbocycles. The molecule has 3 nitrogen and oxygen atoms in total. The van der Waals surface area contributed by atoms with Crippen LogP contribution in [0.1, 0.15) is 38.3 Å². The fourth-order valence-corrected chi connectivity index (χ4v) is 2.75. The van der Waals surface area contributed by atoms with Gasteiger partial charge in [-0.2, -0.15) is 0 Å². The van der Waals surface area contributed by atoms with E-state index in [1.807, 2.05) is 6.07 Å². The van der Waals surface area contributed by atoms with E-state index in [4.69, 9.17) is 11.6 Å². The Morgan fingerprint density at radius 2 is 2.29 bits per heavy atom. The van der Waals surface area contributed by atoms with Crippen LogP contribution < -0.4 is 5.32 Å². The minimum absolute atomic E-state index is 0.368. The summed E-state index contributed by atoms with van der Waals surface area (Å²) in [5, 5.41) is 3.77. The summed E-state index contributed by atoms with van der Waals surface area (Å²) in [7, 11) is 0. The predicted molar refractivity (Wildman–Crippen MR) is 71.5 cm³/mol. The summed E-state index contributed by atoms with van der Waals surface area (Å²) in [6, 6.07) is 2.03. The number of alkyl halides is 1. The van der Waals surface area contributed by atoms with Crippen LogP contribution in [0.25, 0.3) is 0 Å². The maximum Gasteiger partial charge on any atom is 0.129 e. The normalized spacial score (nSPS) is 24.6. The van der Waals surface area contributed by atoms with Crippen LogP contribution in [0.2, 0.25) is 0 Å². The van der Waals surface area contributed by atoms with E-state index in [0.29, 0.717) is 11.3 Å². The van der Waals surface area contributed by atoms with E-state index >= 15 is 0 Å². The summed E-state index contributed by atoms with van der Waals surface area (Å²) >= 11 is 6.19. The molecule has 1 fully saturated rings. The maximum atomic E-state index is 6.19. The average Bonchev–Trinajstić information content (AvgIpc) is 2.37. The molecule has 4 heteroatoms. The molecule has 0 spiro atoms. The van der Waals surface area contributed by atoms with Crippen molar-refractivity contribution < 1.29 is 0 Å². The zero-order valence-corrected chi connectivity index (χ0v) is 11.1. The van der Waals surface area contributed by atoms with Crippen LogP contribution in [0.3, 0.4) is 0 Å². The molecule has 2 rings (SSSR count). The van der Waals surface area contributed by atoms with Crippen molar-refractivity contribution in [1.29, 1.82) is 0 Å². The molecule has 0 bridgehead atoms. The van der Waals surface area contributed by atoms with Crippen molar-refractivity contribution in [1.82, 2.24) is 9.97 Å². The van der Waals surface area contributed by atoms with Crippen molar-refractivity contribution >= 4 is 17.4 Å². The molecule has 2 atom stereocenters. The van der Waals surface area contributed by atoms with Gasteiger partial charge in [0.25, 0.3) is 0 Å². The lowest BCUT2D eigenvalue weighted by molar-refractivity contribution is 0.378. The van der Waals surface area contributed by atoms with Crippen LogP contribution in [0.15, 0.2) is 12.4 Å². The highest BCUT2D eigenvalue weighted by atomic mass is 35.5. The summed E-state index contributed by atoms with van der Waals surface area (Å²) in [6.07, 6.45) is 7.41. The number of nitrogens with one attached hydrogen (secondary N) is 1. The summed E-state index contributed by atoms with van der Waals surface area (Å²) in [6.45, 7) is 3.08. The number of halogens is 1.